The van der Waals surface area contributed by atoms with Gasteiger partial charge in [-0.05, 0) is 66.9 Å². The van der Waals surface area contributed by atoms with Crippen molar-refractivity contribution in [2.24, 2.45) is 0 Å². The Hall–Kier alpha value is -3.90. The average molecular weight is 483 g/mol. The highest BCUT2D eigenvalue weighted by molar-refractivity contribution is 7.92. The molecule has 0 saturated heterocycles. The number of rotatable bonds is 6. The number of nitrogens with zero attached hydrogens (tertiary/aromatic N) is 2. The summed E-state index contributed by atoms with van der Waals surface area (Å²) in [6.45, 7) is 2.21. The van der Waals surface area contributed by atoms with Gasteiger partial charge in [0, 0.05) is 17.3 Å². The third kappa shape index (κ3) is 4.45. The van der Waals surface area contributed by atoms with Crippen molar-refractivity contribution in [2.45, 2.75) is 30.8 Å². The van der Waals surface area contributed by atoms with Crippen LogP contribution < -0.4 is 9.21 Å². The molecule has 6 heteroatoms. The van der Waals surface area contributed by atoms with Gasteiger partial charge in [-0.3, -0.25) is 9.10 Å². The third-order valence-electron chi connectivity index (χ3n) is 6.33. The maximum atomic E-state index is 13.5. The standard InChI is InChI=1S/C29H26N2O3S/c1-22-20-25-10-8-9-15-28(25)31(22)29(32)24-18-16-23(17-19-24)21-30(26-11-4-2-5-12-26)35(33,34)27-13-6-3-7-14-27/h2-19,22H,20-21H2,1H3. The van der Waals surface area contributed by atoms with E-state index in [0.29, 0.717) is 11.3 Å². The van der Waals surface area contributed by atoms with Crippen LogP contribution in [0.5, 0.6) is 0 Å². The molecule has 176 valence electrons. The molecule has 0 radical (unpaired) electrons. The largest absolute Gasteiger partial charge is 0.305 e. The summed E-state index contributed by atoms with van der Waals surface area (Å²) in [6.07, 6.45) is 0.837. The van der Waals surface area contributed by atoms with Gasteiger partial charge in [-0.25, -0.2) is 8.42 Å². The zero-order valence-electron chi connectivity index (χ0n) is 19.4. The minimum Gasteiger partial charge on any atom is -0.305 e. The van der Waals surface area contributed by atoms with Gasteiger partial charge in [-0.15, -0.1) is 0 Å². The number of hydrogen-bond donors (Lipinski definition) is 0. The van der Waals surface area contributed by atoms with Crippen molar-refractivity contribution in [2.75, 3.05) is 9.21 Å². The first kappa shape index (κ1) is 22.9. The molecule has 1 heterocycles. The van der Waals surface area contributed by atoms with Crippen molar-refractivity contribution in [3.8, 4) is 0 Å². The van der Waals surface area contributed by atoms with Crippen LogP contribution in [0.1, 0.15) is 28.4 Å². The number of anilines is 2. The highest BCUT2D eigenvalue weighted by Gasteiger charge is 2.31. The maximum Gasteiger partial charge on any atom is 0.264 e. The van der Waals surface area contributed by atoms with Crippen LogP contribution in [0.4, 0.5) is 11.4 Å². The number of carbonyl (C=O) groups is 1. The van der Waals surface area contributed by atoms with Crippen molar-refractivity contribution >= 4 is 27.3 Å². The molecule has 0 fully saturated rings. The second-order valence-electron chi connectivity index (χ2n) is 8.71. The zero-order chi connectivity index (χ0) is 24.4. The SMILES string of the molecule is CC1Cc2ccccc2N1C(=O)c1ccc(CN(c2ccccc2)S(=O)(=O)c2ccccc2)cc1. The molecule has 35 heavy (non-hydrogen) atoms. The Morgan fingerprint density at radius 2 is 1.43 bits per heavy atom. The van der Waals surface area contributed by atoms with E-state index >= 15 is 0 Å². The molecule has 0 N–H and O–H groups in total. The van der Waals surface area contributed by atoms with Crippen molar-refractivity contribution in [1.82, 2.24) is 0 Å². The summed E-state index contributed by atoms with van der Waals surface area (Å²) in [5.41, 5.74) is 4.08. The molecule has 4 aromatic carbocycles. The molecule has 5 nitrogen and oxygen atoms in total. The first-order valence-electron chi connectivity index (χ1n) is 11.6. The van der Waals surface area contributed by atoms with Crippen molar-refractivity contribution < 1.29 is 13.2 Å². The third-order valence-corrected chi connectivity index (χ3v) is 8.12. The minimum atomic E-state index is -3.77. The Bertz CT molecular complexity index is 1440. The molecule has 1 atom stereocenters. The second kappa shape index (κ2) is 9.39. The van der Waals surface area contributed by atoms with Gasteiger partial charge in [-0.1, -0.05) is 66.7 Å². The van der Waals surface area contributed by atoms with Gasteiger partial charge in [0.05, 0.1) is 17.1 Å². The summed E-state index contributed by atoms with van der Waals surface area (Å²) in [5.74, 6) is -0.0502. The number of sulfonamides is 1. The van der Waals surface area contributed by atoms with Gasteiger partial charge in [0.1, 0.15) is 0 Å². The normalized spacial score (nSPS) is 15.0. The molecule has 1 amide bonds. The van der Waals surface area contributed by atoms with Crippen LogP contribution in [0, 0.1) is 0 Å². The maximum absolute atomic E-state index is 13.5. The Balaban J connectivity index is 1.43. The van der Waals surface area contributed by atoms with Crippen LogP contribution in [0.3, 0.4) is 0 Å². The summed E-state index contributed by atoms with van der Waals surface area (Å²) < 4.78 is 28.4. The Morgan fingerprint density at radius 3 is 2.11 bits per heavy atom. The Kier molecular flexibility index (Phi) is 6.14. The van der Waals surface area contributed by atoms with Crippen molar-refractivity contribution in [3.05, 3.63) is 126 Å². The van der Waals surface area contributed by atoms with E-state index in [9.17, 15) is 13.2 Å². The van der Waals surface area contributed by atoms with E-state index in [1.165, 1.54) is 9.87 Å². The molecule has 1 aliphatic rings. The van der Waals surface area contributed by atoms with Crippen LogP contribution in [0.15, 0.2) is 114 Å². The van der Waals surface area contributed by atoms with Crippen LogP contribution >= 0.6 is 0 Å². The molecule has 1 unspecified atom stereocenters. The highest BCUT2D eigenvalue weighted by Crippen LogP contribution is 2.33. The smallest absolute Gasteiger partial charge is 0.264 e. The van der Waals surface area contributed by atoms with Gasteiger partial charge < -0.3 is 4.90 Å². The lowest BCUT2D eigenvalue weighted by Gasteiger charge is -2.25. The summed E-state index contributed by atoms with van der Waals surface area (Å²) in [5, 5.41) is 0. The highest BCUT2D eigenvalue weighted by atomic mass is 32.2. The number of hydrogen-bond acceptors (Lipinski definition) is 3. The fourth-order valence-corrected chi connectivity index (χ4v) is 6.04. The molecule has 0 aromatic heterocycles. The Labute approximate surface area is 206 Å². The fraction of sp³-hybridized carbons (Fsp3) is 0.138. The molecule has 4 aromatic rings. The number of fused-ring (bicyclic) bond motifs is 1. The van der Waals surface area contributed by atoms with E-state index in [-0.39, 0.29) is 23.4 Å². The van der Waals surface area contributed by atoms with Crippen molar-refractivity contribution in [1.29, 1.82) is 0 Å². The minimum absolute atomic E-state index is 0.0502. The van der Waals surface area contributed by atoms with Crippen LogP contribution in [0.2, 0.25) is 0 Å². The van der Waals surface area contributed by atoms with Crippen molar-refractivity contribution in [3.63, 3.8) is 0 Å². The van der Waals surface area contributed by atoms with E-state index in [1.54, 1.807) is 54.6 Å². The topological polar surface area (TPSA) is 57.7 Å². The number of amides is 1. The average Bonchev–Trinajstić information content (AvgIpc) is 3.23. The molecule has 0 aliphatic carbocycles. The second-order valence-corrected chi connectivity index (χ2v) is 10.6. The molecule has 0 saturated carbocycles. The molecular formula is C29H26N2O3S. The van der Waals surface area contributed by atoms with Crippen LogP contribution in [-0.2, 0) is 23.0 Å². The van der Waals surface area contributed by atoms with E-state index < -0.39 is 10.0 Å². The molecular weight excluding hydrogens is 456 g/mol. The van der Waals surface area contributed by atoms with E-state index in [1.807, 2.05) is 53.4 Å². The lowest BCUT2D eigenvalue weighted by Crippen LogP contribution is -2.35. The summed E-state index contributed by atoms with van der Waals surface area (Å²) in [4.78, 5) is 15.4. The van der Waals surface area contributed by atoms with Gasteiger partial charge in [-0.2, -0.15) is 0 Å². The first-order valence-corrected chi connectivity index (χ1v) is 13.0. The quantitative estimate of drug-likeness (QED) is 0.356. The van der Waals surface area contributed by atoms with E-state index in [4.69, 9.17) is 0 Å². The molecule has 0 bridgehead atoms. The summed E-state index contributed by atoms with van der Waals surface area (Å²) in [7, 11) is -3.77. The predicted molar refractivity (Wildman–Crippen MR) is 139 cm³/mol. The van der Waals surface area contributed by atoms with E-state index in [2.05, 4.69) is 13.0 Å². The predicted octanol–water partition coefficient (Wildman–Crippen LogP) is 5.67. The zero-order valence-corrected chi connectivity index (χ0v) is 20.2. The number of para-hydroxylation sites is 2. The van der Waals surface area contributed by atoms with Crippen LogP contribution in [0.25, 0.3) is 0 Å². The number of carbonyl (C=O) groups excluding carboxylic acids is 1. The molecule has 5 rings (SSSR count). The van der Waals surface area contributed by atoms with Gasteiger partial charge in [0.2, 0.25) is 0 Å². The summed E-state index contributed by atoms with van der Waals surface area (Å²) >= 11 is 0. The monoisotopic (exact) mass is 482 g/mol. The lowest BCUT2D eigenvalue weighted by atomic mass is 10.1. The molecule has 0 spiro atoms. The fourth-order valence-electron chi connectivity index (χ4n) is 4.56. The first-order chi connectivity index (χ1) is 16.9. The van der Waals surface area contributed by atoms with Crippen LogP contribution in [-0.4, -0.2) is 20.4 Å². The van der Waals surface area contributed by atoms with Gasteiger partial charge >= 0.3 is 0 Å². The Morgan fingerprint density at radius 1 is 0.829 bits per heavy atom. The van der Waals surface area contributed by atoms with Gasteiger partial charge in [0.15, 0.2) is 0 Å². The number of benzene rings is 4. The van der Waals surface area contributed by atoms with E-state index in [0.717, 1.165) is 17.7 Å². The van der Waals surface area contributed by atoms with Gasteiger partial charge in [0.25, 0.3) is 15.9 Å². The lowest BCUT2D eigenvalue weighted by molar-refractivity contribution is 0.0981. The molecule has 1 aliphatic heterocycles. The summed E-state index contributed by atoms with van der Waals surface area (Å²) in [6, 6.07) is 32.8.